The quantitative estimate of drug-likeness (QED) is 0.804. The predicted octanol–water partition coefficient (Wildman–Crippen LogP) is 3.85. The van der Waals surface area contributed by atoms with E-state index in [4.69, 9.17) is 22.6 Å². The third-order valence-electron chi connectivity index (χ3n) is 2.62. The van der Waals surface area contributed by atoms with E-state index in [1.165, 1.54) is 0 Å². The van der Waals surface area contributed by atoms with E-state index >= 15 is 0 Å². The summed E-state index contributed by atoms with van der Waals surface area (Å²) in [5.74, 6) is 0. The van der Waals surface area contributed by atoms with Crippen LogP contribution in [0.1, 0.15) is 11.1 Å². The summed E-state index contributed by atoms with van der Waals surface area (Å²) in [5, 5.41) is 12.7. The van der Waals surface area contributed by atoms with Gasteiger partial charge >= 0.3 is 0 Å². The van der Waals surface area contributed by atoms with Crippen molar-refractivity contribution in [3.8, 4) is 6.07 Å². The smallest absolute Gasteiger partial charge is 0.101 e. The lowest BCUT2D eigenvalue weighted by Gasteiger charge is -2.12. The molecule has 3 N–H and O–H groups in total. The van der Waals surface area contributed by atoms with Crippen molar-refractivity contribution in [1.29, 1.82) is 5.26 Å². The molecule has 0 aliphatic rings. The number of benzene rings is 2. The van der Waals surface area contributed by atoms with Crippen LogP contribution in [0, 0.1) is 18.3 Å². The third kappa shape index (κ3) is 2.39. The lowest BCUT2D eigenvalue weighted by atomic mass is 10.1. The Morgan fingerprint density at radius 2 is 2.00 bits per heavy atom. The zero-order valence-electron chi connectivity index (χ0n) is 9.87. The number of para-hydroxylation sites is 1. The van der Waals surface area contributed by atoms with Gasteiger partial charge in [0.15, 0.2) is 0 Å². The van der Waals surface area contributed by atoms with Crippen LogP contribution in [0.3, 0.4) is 0 Å². The number of rotatable bonds is 2. The number of nitrogens with zero attached hydrogens (tertiary/aromatic N) is 1. The highest BCUT2D eigenvalue weighted by atomic mass is 35.5. The molecule has 0 amide bonds. The fourth-order valence-electron chi connectivity index (χ4n) is 1.65. The molecule has 0 aromatic heterocycles. The Kier molecular flexibility index (Phi) is 3.40. The zero-order chi connectivity index (χ0) is 13.1. The number of nitrogens with two attached hydrogens (primary N) is 1. The lowest BCUT2D eigenvalue weighted by molar-refractivity contribution is 1.44. The lowest BCUT2D eigenvalue weighted by Crippen LogP contribution is -1.99. The molecule has 0 saturated heterocycles. The van der Waals surface area contributed by atoms with Gasteiger partial charge in [0.2, 0.25) is 0 Å². The number of halogens is 1. The first kappa shape index (κ1) is 12.3. The maximum Gasteiger partial charge on any atom is 0.101 e. The van der Waals surface area contributed by atoms with Gasteiger partial charge in [-0.3, -0.25) is 0 Å². The fraction of sp³-hybridized carbons (Fsp3) is 0.0714. The Labute approximate surface area is 111 Å². The van der Waals surface area contributed by atoms with Gasteiger partial charge in [-0.05, 0) is 36.8 Å². The van der Waals surface area contributed by atoms with Crippen LogP contribution in [0.4, 0.5) is 17.1 Å². The fourth-order valence-corrected chi connectivity index (χ4v) is 1.82. The van der Waals surface area contributed by atoms with Crippen LogP contribution in [0.15, 0.2) is 36.4 Å². The number of hydrogen-bond acceptors (Lipinski definition) is 3. The van der Waals surface area contributed by atoms with E-state index in [-0.39, 0.29) is 0 Å². The Bertz CT molecular complexity index is 629. The second-order valence-corrected chi connectivity index (χ2v) is 4.39. The molecule has 18 heavy (non-hydrogen) atoms. The highest BCUT2D eigenvalue weighted by molar-refractivity contribution is 6.33. The van der Waals surface area contributed by atoms with Gasteiger partial charge in [0.05, 0.1) is 27.6 Å². The molecule has 3 nitrogen and oxygen atoms in total. The summed E-state index contributed by atoms with van der Waals surface area (Å²) in [5.41, 5.74) is 9.33. The van der Waals surface area contributed by atoms with E-state index in [2.05, 4.69) is 5.32 Å². The van der Waals surface area contributed by atoms with Crippen LogP contribution in [-0.2, 0) is 0 Å². The molecule has 0 unspecified atom stereocenters. The van der Waals surface area contributed by atoms with Gasteiger partial charge in [-0.15, -0.1) is 0 Å². The van der Waals surface area contributed by atoms with Crippen LogP contribution in [-0.4, -0.2) is 0 Å². The number of aryl methyl sites for hydroxylation is 1. The standard InChI is InChI=1S/C14H12ClN3/c1-9-5-6-11(15)13(7-9)18-12-4-2-3-10(8-16)14(12)17/h2-7,18H,17H2,1H3. The van der Waals surface area contributed by atoms with Gasteiger partial charge in [-0.2, -0.15) is 5.26 Å². The molecule has 0 aliphatic carbocycles. The highest BCUT2D eigenvalue weighted by Crippen LogP contribution is 2.30. The van der Waals surface area contributed by atoms with E-state index in [0.717, 1.165) is 11.3 Å². The molecule has 2 aromatic rings. The van der Waals surface area contributed by atoms with E-state index < -0.39 is 0 Å². The average molecular weight is 258 g/mol. The molecule has 0 radical (unpaired) electrons. The maximum atomic E-state index is 8.92. The monoisotopic (exact) mass is 257 g/mol. The number of hydrogen-bond donors (Lipinski definition) is 2. The van der Waals surface area contributed by atoms with E-state index in [1.54, 1.807) is 12.1 Å². The molecule has 2 aromatic carbocycles. The Balaban J connectivity index is 2.41. The largest absolute Gasteiger partial charge is 0.396 e. The first-order chi connectivity index (χ1) is 8.61. The second-order valence-electron chi connectivity index (χ2n) is 3.99. The van der Waals surface area contributed by atoms with Crippen LogP contribution >= 0.6 is 11.6 Å². The summed E-state index contributed by atoms with van der Waals surface area (Å²) in [4.78, 5) is 0. The number of nitrogens with one attached hydrogen (secondary N) is 1. The van der Waals surface area contributed by atoms with Crippen molar-refractivity contribution in [3.05, 3.63) is 52.5 Å². The minimum atomic E-state index is 0.428. The molecule has 0 fully saturated rings. The van der Waals surface area contributed by atoms with Crippen molar-refractivity contribution < 1.29 is 0 Å². The number of nitrogen functional groups attached to an aromatic ring is 1. The zero-order valence-corrected chi connectivity index (χ0v) is 10.6. The van der Waals surface area contributed by atoms with E-state index in [1.807, 2.05) is 37.3 Å². The van der Waals surface area contributed by atoms with E-state index in [0.29, 0.717) is 22.0 Å². The predicted molar refractivity (Wildman–Crippen MR) is 75.0 cm³/mol. The van der Waals surface area contributed by atoms with Gasteiger partial charge < -0.3 is 11.1 Å². The summed E-state index contributed by atoms with van der Waals surface area (Å²) in [6.45, 7) is 1.98. The molecule has 0 aliphatic heterocycles. The SMILES string of the molecule is Cc1ccc(Cl)c(Nc2cccc(C#N)c2N)c1. The molecular formula is C14H12ClN3. The number of nitriles is 1. The molecule has 0 bridgehead atoms. The Morgan fingerprint density at radius 3 is 2.72 bits per heavy atom. The molecule has 0 spiro atoms. The molecule has 0 heterocycles. The topological polar surface area (TPSA) is 61.8 Å². The summed E-state index contributed by atoms with van der Waals surface area (Å²) in [7, 11) is 0. The van der Waals surface area contributed by atoms with Crippen molar-refractivity contribution in [3.63, 3.8) is 0 Å². The van der Waals surface area contributed by atoms with Crippen LogP contribution < -0.4 is 11.1 Å². The first-order valence-corrected chi connectivity index (χ1v) is 5.81. The Hall–Kier alpha value is -2.18. The first-order valence-electron chi connectivity index (χ1n) is 5.43. The van der Waals surface area contributed by atoms with Crippen molar-refractivity contribution in [2.24, 2.45) is 0 Å². The van der Waals surface area contributed by atoms with E-state index in [9.17, 15) is 0 Å². The second kappa shape index (κ2) is 4.99. The summed E-state index contributed by atoms with van der Waals surface area (Å²) < 4.78 is 0. The normalized spacial score (nSPS) is 9.83. The van der Waals surface area contributed by atoms with Crippen LogP contribution in [0.2, 0.25) is 5.02 Å². The third-order valence-corrected chi connectivity index (χ3v) is 2.95. The summed E-state index contributed by atoms with van der Waals surface area (Å²) >= 11 is 6.10. The Morgan fingerprint density at radius 1 is 1.22 bits per heavy atom. The molecule has 2 rings (SSSR count). The van der Waals surface area contributed by atoms with Crippen molar-refractivity contribution in [2.45, 2.75) is 6.92 Å². The van der Waals surface area contributed by atoms with Gasteiger partial charge in [-0.25, -0.2) is 0 Å². The molecule has 4 heteroatoms. The molecule has 90 valence electrons. The minimum absolute atomic E-state index is 0.428. The maximum absolute atomic E-state index is 8.92. The van der Waals surface area contributed by atoms with Crippen molar-refractivity contribution in [1.82, 2.24) is 0 Å². The minimum Gasteiger partial charge on any atom is -0.396 e. The summed E-state index contributed by atoms with van der Waals surface area (Å²) in [6, 6.07) is 13.0. The van der Waals surface area contributed by atoms with Gasteiger partial charge in [-0.1, -0.05) is 23.7 Å². The molecule has 0 saturated carbocycles. The average Bonchev–Trinajstić information content (AvgIpc) is 2.36. The molecular weight excluding hydrogens is 246 g/mol. The van der Waals surface area contributed by atoms with Crippen LogP contribution in [0.5, 0.6) is 0 Å². The summed E-state index contributed by atoms with van der Waals surface area (Å²) in [6.07, 6.45) is 0. The van der Waals surface area contributed by atoms with Crippen molar-refractivity contribution >= 4 is 28.7 Å². The van der Waals surface area contributed by atoms with Gasteiger partial charge in [0.25, 0.3) is 0 Å². The van der Waals surface area contributed by atoms with Gasteiger partial charge in [0, 0.05) is 0 Å². The number of anilines is 3. The van der Waals surface area contributed by atoms with Crippen LogP contribution in [0.25, 0.3) is 0 Å². The van der Waals surface area contributed by atoms with Crippen molar-refractivity contribution in [2.75, 3.05) is 11.1 Å². The van der Waals surface area contributed by atoms with Gasteiger partial charge in [0.1, 0.15) is 6.07 Å². The molecule has 0 atom stereocenters. The highest BCUT2D eigenvalue weighted by Gasteiger charge is 2.06.